The van der Waals surface area contributed by atoms with Gasteiger partial charge in [-0.2, -0.15) is 0 Å². The number of hydrogen-bond donors (Lipinski definition) is 0. The monoisotopic (exact) mass is 221 g/mol. The molecule has 4 heteroatoms. The zero-order valence-electron chi connectivity index (χ0n) is 4.00. The van der Waals surface area contributed by atoms with Crippen molar-refractivity contribution < 1.29 is 4.39 Å². The van der Waals surface area contributed by atoms with Crippen molar-refractivity contribution in [1.82, 2.24) is 0 Å². The van der Waals surface area contributed by atoms with Gasteiger partial charge in [-0.1, -0.05) is 39.1 Å². The van der Waals surface area contributed by atoms with Gasteiger partial charge in [-0.3, -0.25) is 0 Å². The van der Waals surface area contributed by atoms with Crippen LogP contribution in [0.2, 0.25) is 0 Å². The van der Waals surface area contributed by atoms with Gasteiger partial charge < -0.3 is 0 Å². The summed E-state index contributed by atoms with van der Waals surface area (Å²) in [7, 11) is 0. The molecule has 0 saturated heterocycles. The van der Waals surface area contributed by atoms with Gasteiger partial charge in [0.15, 0.2) is 0 Å². The van der Waals surface area contributed by atoms with E-state index in [1.54, 1.807) is 5.33 Å². The molecule has 0 aliphatic heterocycles. The van der Waals surface area contributed by atoms with E-state index in [9.17, 15) is 4.39 Å². The van der Waals surface area contributed by atoms with Crippen LogP contribution in [-0.2, 0) is 0 Å². The fraction of sp³-hybridized carbons (Fsp3) is 0.750. The summed E-state index contributed by atoms with van der Waals surface area (Å²) in [6.45, 7) is 0. The average molecular weight is 223 g/mol. The minimum atomic E-state index is -2.07. The predicted octanol–water partition coefficient (Wildman–Crippen LogP) is 3.42. The minimum Gasteiger partial charge on any atom is -0.208 e. The molecule has 0 atom stereocenters. The second-order valence-electron chi connectivity index (χ2n) is 1.31. The van der Waals surface area contributed by atoms with Crippen molar-refractivity contribution in [3.63, 3.8) is 0 Å². The lowest BCUT2D eigenvalue weighted by molar-refractivity contribution is 0.372. The molecule has 0 aliphatic rings. The Morgan fingerprint density at radius 3 is 2.25 bits per heavy atom. The second-order valence-corrected chi connectivity index (χ2v) is 3.35. The summed E-state index contributed by atoms with van der Waals surface area (Å²) < 4.78 is 10.0. The van der Waals surface area contributed by atoms with E-state index in [0.717, 1.165) is 0 Å². The topological polar surface area (TPSA) is 0 Å². The van der Waals surface area contributed by atoms with E-state index in [4.69, 9.17) is 23.2 Å². The fourth-order valence-corrected chi connectivity index (χ4v) is 0.665. The summed E-state index contributed by atoms with van der Waals surface area (Å²) >= 11 is 12.9. The molecule has 0 aromatic carbocycles. The number of hydrogen-bond acceptors (Lipinski definition) is 0. The van der Waals surface area contributed by atoms with Crippen LogP contribution >= 0.6 is 39.1 Å². The van der Waals surface area contributed by atoms with E-state index in [-0.39, 0.29) is 6.42 Å². The van der Waals surface area contributed by atoms with Gasteiger partial charge in [0.25, 0.3) is 4.59 Å². The lowest BCUT2D eigenvalue weighted by atomic mass is 10.4. The highest BCUT2D eigenvalue weighted by Gasteiger charge is 2.20. The van der Waals surface area contributed by atoms with Crippen LogP contribution in [0.5, 0.6) is 0 Å². The molecule has 0 aromatic rings. The maximum Gasteiger partial charge on any atom is 0.257 e. The molecule has 0 N–H and O–H groups in total. The smallest absolute Gasteiger partial charge is 0.208 e. The largest absolute Gasteiger partial charge is 0.257 e. The zero-order chi connectivity index (χ0) is 6.62. The quantitative estimate of drug-likeness (QED) is 0.643. The van der Waals surface area contributed by atoms with E-state index >= 15 is 0 Å². The van der Waals surface area contributed by atoms with E-state index in [0.29, 0.717) is 6.42 Å². The molecule has 8 heavy (non-hydrogen) atoms. The zero-order valence-corrected chi connectivity index (χ0v) is 7.10. The van der Waals surface area contributed by atoms with Gasteiger partial charge in [-0.25, -0.2) is 4.39 Å². The summed E-state index contributed by atoms with van der Waals surface area (Å²) in [5.41, 5.74) is 0. The first-order chi connectivity index (χ1) is 3.56. The van der Waals surface area contributed by atoms with Gasteiger partial charge >= 0.3 is 0 Å². The summed E-state index contributed by atoms with van der Waals surface area (Å²) in [5.74, 6) is 0. The van der Waals surface area contributed by atoms with E-state index < -0.39 is 4.59 Å². The maximum atomic E-state index is 12.1. The lowest BCUT2D eigenvalue weighted by Gasteiger charge is -2.05. The maximum absolute atomic E-state index is 12.1. The standard InChI is InChI=1S/C4H5BrCl2F/c5-3-1-2-4(6,7)8/h3H,1-2H2. The Kier molecular flexibility index (Phi) is 4.40. The highest BCUT2D eigenvalue weighted by Crippen LogP contribution is 2.28. The first-order valence-corrected chi connectivity index (χ1v) is 3.72. The Bertz CT molecular complexity index is 61.5. The molecular formula is C4H5BrCl2F. The summed E-state index contributed by atoms with van der Waals surface area (Å²) in [6, 6.07) is 0. The van der Waals surface area contributed by atoms with Gasteiger partial charge in [0.1, 0.15) is 0 Å². The highest BCUT2D eigenvalue weighted by molar-refractivity contribution is 9.10. The van der Waals surface area contributed by atoms with Crippen LogP contribution in [0.3, 0.4) is 0 Å². The van der Waals surface area contributed by atoms with Crippen molar-refractivity contribution in [2.24, 2.45) is 0 Å². The van der Waals surface area contributed by atoms with E-state index in [1.165, 1.54) is 0 Å². The SMILES string of the molecule is FC(Cl)(Cl)CC[CH]Br. The summed E-state index contributed by atoms with van der Waals surface area (Å²) in [6.07, 6.45) is 0.658. The molecule has 0 unspecified atom stereocenters. The molecule has 0 aromatic heterocycles. The normalized spacial score (nSPS) is 12.0. The van der Waals surface area contributed by atoms with Gasteiger partial charge in [-0.15, -0.1) is 0 Å². The van der Waals surface area contributed by atoms with E-state index in [2.05, 4.69) is 15.9 Å². The van der Waals surface area contributed by atoms with Gasteiger partial charge in [0, 0.05) is 11.8 Å². The second kappa shape index (κ2) is 3.91. The molecule has 0 amide bonds. The fourth-order valence-electron chi connectivity index (χ4n) is 0.218. The van der Waals surface area contributed by atoms with Crippen molar-refractivity contribution in [1.29, 1.82) is 0 Å². The summed E-state index contributed by atoms with van der Waals surface area (Å²) in [4.78, 5) is 0. The molecule has 0 spiro atoms. The third kappa shape index (κ3) is 6.99. The average Bonchev–Trinajstić information content (AvgIpc) is 1.59. The van der Waals surface area contributed by atoms with E-state index in [1.807, 2.05) is 0 Å². The third-order valence-electron chi connectivity index (χ3n) is 0.537. The molecule has 49 valence electrons. The molecular weight excluding hydrogens is 218 g/mol. The summed E-state index contributed by atoms with van der Waals surface area (Å²) in [5, 5.41) is 1.63. The van der Waals surface area contributed by atoms with Crippen molar-refractivity contribution in [3.05, 3.63) is 5.33 Å². The van der Waals surface area contributed by atoms with Crippen LogP contribution in [0, 0.1) is 5.33 Å². The first kappa shape index (κ1) is 8.99. The predicted molar refractivity (Wildman–Crippen MR) is 38.0 cm³/mol. The van der Waals surface area contributed by atoms with Gasteiger partial charge in [-0.05, 0) is 6.42 Å². The number of alkyl halides is 3. The third-order valence-corrected chi connectivity index (χ3v) is 1.37. The molecule has 0 bridgehead atoms. The molecule has 0 nitrogen and oxygen atoms in total. The van der Waals surface area contributed by atoms with Crippen molar-refractivity contribution in [2.75, 3.05) is 0 Å². The van der Waals surface area contributed by atoms with Crippen LogP contribution in [0.1, 0.15) is 12.8 Å². The Labute approximate surface area is 66.5 Å². The molecule has 0 aliphatic carbocycles. The Morgan fingerprint density at radius 2 is 2.12 bits per heavy atom. The first-order valence-electron chi connectivity index (χ1n) is 2.05. The van der Waals surface area contributed by atoms with Crippen LogP contribution in [0.25, 0.3) is 0 Å². The van der Waals surface area contributed by atoms with Crippen LogP contribution < -0.4 is 0 Å². The number of rotatable bonds is 3. The molecule has 0 rings (SSSR count). The molecule has 0 saturated carbocycles. The van der Waals surface area contributed by atoms with Gasteiger partial charge in [0.05, 0.1) is 0 Å². The number of halogens is 4. The van der Waals surface area contributed by atoms with Crippen molar-refractivity contribution >= 4 is 39.1 Å². The lowest BCUT2D eigenvalue weighted by Crippen LogP contribution is -2.01. The highest BCUT2D eigenvalue weighted by atomic mass is 79.9. The molecule has 0 fully saturated rings. The van der Waals surface area contributed by atoms with Crippen LogP contribution in [0.4, 0.5) is 4.39 Å². The van der Waals surface area contributed by atoms with Crippen molar-refractivity contribution in [2.45, 2.75) is 17.4 Å². The Morgan fingerprint density at radius 1 is 1.62 bits per heavy atom. The minimum absolute atomic E-state index is 0.126. The van der Waals surface area contributed by atoms with Crippen LogP contribution in [0.15, 0.2) is 0 Å². The van der Waals surface area contributed by atoms with Gasteiger partial charge in [0.2, 0.25) is 0 Å². The molecule has 0 heterocycles. The Balaban J connectivity index is 3.11. The molecule has 1 radical (unpaired) electrons. The van der Waals surface area contributed by atoms with Crippen molar-refractivity contribution in [3.8, 4) is 0 Å². The Hall–Kier alpha value is 0.990. The van der Waals surface area contributed by atoms with Crippen LogP contribution in [-0.4, -0.2) is 4.59 Å².